The predicted molar refractivity (Wildman–Crippen MR) is 89.5 cm³/mol. The molecular weight excluding hydrogens is 276 g/mol. The van der Waals surface area contributed by atoms with Gasteiger partial charge in [0.25, 0.3) is 5.56 Å². The van der Waals surface area contributed by atoms with E-state index in [2.05, 4.69) is 10.3 Å². The zero-order valence-corrected chi connectivity index (χ0v) is 12.6. The zero-order chi connectivity index (χ0) is 15.7. The number of H-pyrrole nitrogens is 1. The van der Waals surface area contributed by atoms with Crippen LogP contribution in [0, 0.1) is 13.8 Å². The van der Waals surface area contributed by atoms with Crippen LogP contribution >= 0.6 is 0 Å². The van der Waals surface area contributed by atoms with Gasteiger partial charge in [0.1, 0.15) is 5.75 Å². The Morgan fingerprint density at radius 1 is 1.09 bits per heavy atom. The van der Waals surface area contributed by atoms with Gasteiger partial charge in [-0.1, -0.05) is 18.2 Å². The topological polar surface area (TPSA) is 65.1 Å². The molecule has 0 aliphatic rings. The molecule has 3 N–H and O–H groups in total. The highest BCUT2D eigenvalue weighted by atomic mass is 16.3. The molecule has 112 valence electrons. The maximum Gasteiger partial charge on any atom is 0.253 e. The number of aromatic amines is 1. The second-order valence-corrected chi connectivity index (χ2v) is 5.52. The lowest BCUT2D eigenvalue weighted by atomic mass is 10.1. The van der Waals surface area contributed by atoms with E-state index in [-0.39, 0.29) is 11.3 Å². The Balaban J connectivity index is 1.91. The second kappa shape index (κ2) is 5.56. The van der Waals surface area contributed by atoms with Gasteiger partial charge in [0, 0.05) is 17.8 Å². The highest BCUT2D eigenvalue weighted by Crippen LogP contribution is 2.21. The number of rotatable bonds is 3. The van der Waals surface area contributed by atoms with Gasteiger partial charge in [0.05, 0.1) is 5.52 Å². The number of para-hydroxylation sites is 1. The van der Waals surface area contributed by atoms with E-state index >= 15 is 0 Å². The molecule has 0 atom stereocenters. The van der Waals surface area contributed by atoms with E-state index in [1.165, 1.54) is 0 Å². The minimum atomic E-state index is -0.0780. The molecule has 0 saturated heterocycles. The number of phenolic OH excluding ortho intramolecular Hbond substituents is 1. The number of aromatic hydroxyl groups is 1. The van der Waals surface area contributed by atoms with Crippen molar-refractivity contribution in [2.24, 2.45) is 0 Å². The lowest BCUT2D eigenvalue weighted by Gasteiger charge is -2.10. The normalized spacial score (nSPS) is 10.8. The molecule has 0 fully saturated rings. The predicted octanol–water partition coefficient (Wildman–Crippen LogP) is 3.46. The summed E-state index contributed by atoms with van der Waals surface area (Å²) in [6, 6.07) is 13.0. The number of anilines is 1. The smallest absolute Gasteiger partial charge is 0.253 e. The first-order chi connectivity index (χ1) is 10.5. The molecule has 4 nitrogen and oxygen atoms in total. The SMILES string of the molecule is Cc1cc(O)ccc1NCc1cc2cccc(C)c2[nH]c1=O. The van der Waals surface area contributed by atoms with Gasteiger partial charge in [-0.25, -0.2) is 0 Å². The van der Waals surface area contributed by atoms with Crippen LogP contribution in [0.5, 0.6) is 5.75 Å². The number of hydrogen-bond donors (Lipinski definition) is 3. The van der Waals surface area contributed by atoms with Crippen LogP contribution in [-0.4, -0.2) is 10.1 Å². The van der Waals surface area contributed by atoms with Gasteiger partial charge in [-0.05, 0) is 54.6 Å². The van der Waals surface area contributed by atoms with Crippen LogP contribution in [0.3, 0.4) is 0 Å². The Morgan fingerprint density at radius 3 is 2.68 bits per heavy atom. The summed E-state index contributed by atoms with van der Waals surface area (Å²) in [7, 11) is 0. The molecule has 0 radical (unpaired) electrons. The lowest BCUT2D eigenvalue weighted by molar-refractivity contribution is 0.475. The number of phenols is 1. The summed E-state index contributed by atoms with van der Waals surface area (Å²) in [5.74, 6) is 0.238. The van der Waals surface area contributed by atoms with Gasteiger partial charge in [0.15, 0.2) is 0 Å². The van der Waals surface area contributed by atoms with Crippen molar-refractivity contribution in [3.05, 3.63) is 69.5 Å². The van der Waals surface area contributed by atoms with Crippen LogP contribution in [0.15, 0.2) is 47.3 Å². The van der Waals surface area contributed by atoms with Crippen molar-refractivity contribution in [1.82, 2.24) is 4.98 Å². The third-order valence-corrected chi connectivity index (χ3v) is 3.84. The quantitative estimate of drug-likeness (QED) is 0.648. The third kappa shape index (κ3) is 2.68. The largest absolute Gasteiger partial charge is 0.508 e. The molecule has 2 aromatic carbocycles. The Morgan fingerprint density at radius 2 is 1.91 bits per heavy atom. The van der Waals surface area contributed by atoms with E-state index in [0.29, 0.717) is 12.1 Å². The molecule has 3 rings (SSSR count). The maximum absolute atomic E-state index is 12.2. The second-order valence-electron chi connectivity index (χ2n) is 5.52. The molecule has 0 aliphatic heterocycles. The first kappa shape index (κ1) is 14.2. The molecule has 0 bridgehead atoms. The molecule has 0 unspecified atom stereocenters. The fourth-order valence-corrected chi connectivity index (χ4v) is 2.60. The molecule has 0 saturated carbocycles. The Bertz CT molecular complexity index is 897. The highest BCUT2D eigenvalue weighted by Gasteiger charge is 2.05. The third-order valence-electron chi connectivity index (χ3n) is 3.84. The average Bonchev–Trinajstić information content (AvgIpc) is 2.48. The number of fused-ring (bicyclic) bond motifs is 1. The number of aromatic nitrogens is 1. The molecule has 0 aliphatic carbocycles. The standard InChI is InChI=1S/C18H18N2O2/c1-11-4-3-5-13-9-14(18(22)20-17(11)13)10-19-16-7-6-15(21)8-12(16)2/h3-9,19,21H,10H2,1-2H3,(H,20,22). The van der Waals surface area contributed by atoms with Crippen molar-refractivity contribution in [1.29, 1.82) is 0 Å². The number of benzene rings is 2. The summed E-state index contributed by atoms with van der Waals surface area (Å²) in [5.41, 5.74) is 4.39. The monoisotopic (exact) mass is 294 g/mol. The van der Waals surface area contributed by atoms with Crippen molar-refractivity contribution in [2.75, 3.05) is 5.32 Å². The summed E-state index contributed by atoms with van der Waals surface area (Å²) in [5, 5.41) is 13.7. The van der Waals surface area contributed by atoms with Gasteiger partial charge in [-0.15, -0.1) is 0 Å². The first-order valence-corrected chi connectivity index (χ1v) is 7.19. The molecule has 1 aromatic heterocycles. The molecule has 22 heavy (non-hydrogen) atoms. The van der Waals surface area contributed by atoms with Gasteiger partial charge < -0.3 is 15.4 Å². The van der Waals surface area contributed by atoms with Crippen LogP contribution in [0.2, 0.25) is 0 Å². The fraction of sp³-hybridized carbons (Fsp3) is 0.167. The minimum absolute atomic E-state index is 0.0780. The van der Waals surface area contributed by atoms with Crippen molar-refractivity contribution in [3.8, 4) is 5.75 Å². The van der Waals surface area contributed by atoms with Crippen LogP contribution in [-0.2, 0) is 6.54 Å². The van der Waals surface area contributed by atoms with E-state index in [1.807, 2.05) is 44.2 Å². The summed E-state index contributed by atoms with van der Waals surface area (Å²) in [6.07, 6.45) is 0. The summed E-state index contributed by atoms with van der Waals surface area (Å²) in [6.45, 7) is 4.33. The van der Waals surface area contributed by atoms with Gasteiger partial charge in [-0.3, -0.25) is 4.79 Å². The summed E-state index contributed by atoms with van der Waals surface area (Å²) < 4.78 is 0. The van der Waals surface area contributed by atoms with Crippen molar-refractivity contribution in [2.45, 2.75) is 20.4 Å². The van der Waals surface area contributed by atoms with E-state index in [0.717, 1.165) is 27.7 Å². The molecule has 0 amide bonds. The lowest BCUT2D eigenvalue weighted by Crippen LogP contribution is -2.16. The number of nitrogens with one attached hydrogen (secondary N) is 2. The van der Waals surface area contributed by atoms with Crippen LogP contribution in [0.25, 0.3) is 10.9 Å². The van der Waals surface area contributed by atoms with E-state index in [4.69, 9.17) is 0 Å². The Hall–Kier alpha value is -2.75. The van der Waals surface area contributed by atoms with Crippen molar-refractivity contribution < 1.29 is 5.11 Å². The minimum Gasteiger partial charge on any atom is -0.508 e. The van der Waals surface area contributed by atoms with Crippen molar-refractivity contribution >= 4 is 16.6 Å². The van der Waals surface area contributed by atoms with Gasteiger partial charge in [-0.2, -0.15) is 0 Å². The Kier molecular flexibility index (Phi) is 3.59. The highest BCUT2D eigenvalue weighted by molar-refractivity contribution is 5.82. The van der Waals surface area contributed by atoms with Gasteiger partial charge >= 0.3 is 0 Å². The molecule has 3 aromatic rings. The average molecular weight is 294 g/mol. The van der Waals surface area contributed by atoms with E-state index in [9.17, 15) is 9.90 Å². The number of pyridine rings is 1. The van der Waals surface area contributed by atoms with E-state index in [1.54, 1.807) is 12.1 Å². The summed E-state index contributed by atoms with van der Waals surface area (Å²) >= 11 is 0. The number of hydrogen-bond acceptors (Lipinski definition) is 3. The summed E-state index contributed by atoms with van der Waals surface area (Å²) in [4.78, 5) is 15.2. The van der Waals surface area contributed by atoms with Crippen molar-refractivity contribution in [3.63, 3.8) is 0 Å². The van der Waals surface area contributed by atoms with E-state index < -0.39 is 0 Å². The molecular formula is C18H18N2O2. The fourth-order valence-electron chi connectivity index (χ4n) is 2.60. The Labute approximate surface area is 128 Å². The number of aryl methyl sites for hydroxylation is 2. The van der Waals surface area contributed by atoms with Crippen LogP contribution < -0.4 is 10.9 Å². The molecule has 4 heteroatoms. The zero-order valence-electron chi connectivity index (χ0n) is 12.6. The maximum atomic E-state index is 12.2. The first-order valence-electron chi connectivity index (χ1n) is 7.19. The molecule has 1 heterocycles. The van der Waals surface area contributed by atoms with Crippen LogP contribution in [0.1, 0.15) is 16.7 Å². The van der Waals surface area contributed by atoms with Gasteiger partial charge in [0.2, 0.25) is 0 Å². The van der Waals surface area contributed by atoms with Crippen LogP contribution in [0.4, 0.5) is 5.69 Å². The molecule has 0 spiro atoms.